The van der Waals surface area contributed by atoms with Crippen LogP contribution >= 0.6 is 0 Å². The van der Waals surface area contributed by atoms with Crippen LogP contribution in [0.5, 0.6) is 0 Å². The van der Waals surface area contributed by atoms with Gasteiger partial charge in [-0.2, -0.15) is 5.10 Å². The summed E-state index contributed by atoms with van der Waals surface area (Å²) in [6.45, 7) is 2.01. The van der Waals surface area contributed by atoms with Gasteiger partial charge in [-0.1, -0.05) is 42.5 Å². The Balaban J connectivity index is 1.76. The van der Waals surface area contributed by atoms with Crippen molar-refractivity contribution in [2.45, 2.75) is 13.0 Å². The molecule has 0 aliphatic rings. The van der Waals surface area contributed by atoms with E-state index >= 15 is 0 Å². The smallest absolute Gasteiger partial charge is 0.163 e. The van der Waals surface area contributed by atoms with Crippen LogP contribution in [0.1, 0.15) is 5.69 Å². The van der Waals surface area contributed by atoms with Crippen molar-refractivity contribution in [2.24, 2.45) is 0 Å². The molecule has 0 aliphatic heterocycles. The zero-order chi connectivity index (χ0) is 19.5. The second-order valence-electron chi connectivity index (χ2n) is 6.69. The van der Waals surface area contributed by atoms with Gasteiger partial charge in [0.05, 0.1) is 24.1 Å². The highest BCUT2D eigenvalue weighted by Crippen LogP contribution is 2.30. The van der Waals surface area contributed by atoms with Crippen LogP contribution in [-0.2, 0) is 0 Å². The van der Waals surface area contributed by atoms with E-state index < -0.39 is 6.10 Å². The minimum absolute atomic E-state index is 0.271. The Bertz CT molecular complexity index is 1090. The first-order chi connectivity index (χ1) is 13.7. The van der Waals surface area contributed by atoms with Gasteiger partial charge in [-0.3, -0.25) is 0 Å². The number of hydrogen-bond acceptors (Lipinski definition) is 5. The molecule has 142 valence electrons. The van der Waals surface area contributed by atoms with Gasteiger partial charge in [0, 0.05) is 29.6 Å². The topological polar surface area (TPSA) is 82.7 Å². The largest absolute Gasteiger partial charge is 0.394 e. The minimum atomic E-state index is -0.793. The van der Waals surface area contributed by atoms with Gasteiger partial charge in [-0.15, -0.1) is 0 Å². The molecule has 6 nitrogen and oxygen atoms in total. The van der Waals surface area contributed by atoms with E-state index in [1.54, 1.807) is 6.20 Å². The molecule has 2 aromatic carbocycles. The van der Waals surface area contributed by atoms with Gasteiger partial charge >= 0.3 is 0 Å². The van der Waals surface area contributed by atoms with E-state index in [1.807, 2.05) is 60.0 Å². The second-order valence-corrected chi connectivity index (χ2v) is 6.69. The molecule has 0 radical (unpaired) electrons. The van der Waals surface area contributed by atoms with Crippen molar-refractivity contribution in [3.05, 3.63) is 72.6 Å². The van der Waals surface area contributed by atoms with E-state index in [0.717, 1.165) is 39.4 Å². The Labute approximate surface area is 163 Å². The van der Waals surface area contributed by atoms with Gasteiger partial charge in [-0.05, 0) is 30.7 Å². The summed E-state index contributed by atoms with van der Waals surface area (Å²) in [4.78, 5) is 4.58. The van der Waals surface area contributed by atoms with Crippen LogP contribution in [0, 0.1) is 6.92 Å². The maximum absolute atomic E-state index is 9.55. The van der Waals surface area contributed by atoms with E-state index in [9.17, 15) is 5.11 Å². The van der Waals surface area contributed by atoms with Gasteiger partial charge in [0.15, 0.2) is 5.65 Å². The van der Waals surface area contributed by atoms with Crippen molar-refractivity contribution in [1.29, 1.82) is 0 Å². The first-order valence-corrected chi connectivity index (χ1v) is 9.20. The molecular weight excluding hydrogens is 352 g/mol. The molecule has 2 aromatic heterocycles. The van der Waals surface area contributed by atoms with E-state index in [2.05, 4.69) is 22.4 Å². The van der Waals surface area contributed by atoms with Gasteiger partial charge in [0.25, 0.3) is 0 Å². The average Bonchev–Trinajstić information content (AvgIpc) is 3.08. The van der Waals surface area contributed by atoms with Crippen molar-refractivity contribution < 1.29 is 10.2 Å². The third-order valence-corrected chi connectivity index (χ3v) is 4.67. The molecule has 28 heavy (non-hydrogen) atoms. The molecule has 1 atom stereocenters. The number of nitrogens with zero attached hydrogens (tertiary/aromatic N) is 3. The normalized spacial score (nSPS) is 12.2. The molecule has 6 heteroatoms. The third kappa shape index (κ3) is 3.47. The van der Waals surface area contributed by atoms with Crippen LogP contribution in [0.4, 0.5) is 5.69 Å². The zero-order valence-electron chi connectivity index (χ0n) is 15.6. The summed E-state index contributed by atoms with van der Waals surface area (Å²) in [6.07, 6.45) is 1.01. The number of aliphatic hydroxyl groups excluding tert-OH is 2. The summed E-state index contributed by atoms with van der Waals surface area (Å²) < 4.78 is 1.87. The molecule has 0 fully saturated rings. The van der Waals surface area contributed by atoms with Crippen LogP contribution in [0.25, 0.3) is 28.0 Å². The summed E-state index contributed by atoms with van der Waals surface area (Å²) in [6, 6.07) is 20.0. The quantitative estimate of drug-likeness (QED) is 0.483. The summed E-state index contributed by atoms with van der Waals surface area (Å²) in [7, 11) is 0. The van der Waals surface area contributed by atoms with Gasteiger partial charge in [-0.25, -0.2) is 9.50 Å². The number of aromatic nitrogens is 3. The minimum Gasteiger partial charge on any atom is -0.394 e. The maximum Gasteiger partial charge on any atom is 0.163 e. The van der Waals surface area contributed by atoms with Crippen molar-refractivity contribution in [1.82, 2.24) is 14.6 Å². The summed E-state index contributed by atoms with van der Waals surface area (Å²) in [5.74, 6) is 0. The molecule has 0 aliphatic carbocycles. The van der Waals surface area contributed by atoms with Crippen molar-refractivity contribution in [3.8, 4) is 22.4 Å². The summed E-state index contributed by atoms with van der Waals surface area (Å²) in [5, 5.41) is 26.4. The Morgan fingerprint density at radius 2 is 1.82 bits per heavy atom. The van der Waals surface area contributed by atoms with Crippen LogP contribution in [-0.4, -0.2) is 44.1 Å². The molecular formula is C22H22N4O2. The Kier molecular flexibility index (Phi) is 5.06. The number of fused-ring (bicyclic) bond motifs is 1. The third-order valence-electron chi connectivity index (χ3n) is 4.67. The lowest BCUT2D eigenvalue weighted by Gasteiger charge is -2.12. The lowest BCUT2D eigenvalue weighted by Crippen LogP contribution is -2.22. The SMILES string of the molecule is Cc1nn2c(-c3cccc(NCC(O)CO)c3)ccnc2c1-c1ccccc1. The highest BCUT2D eigenvalue weighted by molar-refractivity contribution is 5.81. The van der Waals surface area contributed by atoms with Crippen LogP contribution in [0.15, 0.2) is 66.9 Å². The molecule has 0 amide bonds. The Hall–Kier alpha value is -3.22. The van der Waals surface area contributed by atoms with Gasteiger partial charge < -0.3 is 15.5 Å². The fourth-order valence-electron chi connectivity index (χ4n) is 3.30. The molecule has 4 rings (SSSR count). The fraction of sp³-hybridized carbons (Fsp3) is 0.182. The number of nitrogens with one attached hydrogen (secondary N) is 1. The molecule has 0 bridgehead atoms. The number of hydrogen-bond donors (Lipinski definition) is 3. The lowest BCUT2D eigenvalue weighted by molar-refractivity contribution is 0.105. The zero-order valence-corrected chi connectivity index (χ0v) is 15.6. The average molecular weight is 374 g/mol. The van der Waals surface area contributed by atoms with E-state index in [4.69, 9.17) is 10.2 Å². The molecule has 0 saturated carbocycles. The molecule has 0 spiro atoms. The lowest BCUT2D eigenvalue weighted by atomic mass is 10.1. The van der Waals surface area contributed by atoms with Crippen molar-refractivity contribution in [2.75, 3.05) is 18.5 Å². The molecule has 3 N–H and O–H groups in total. The maximum atomic E-state index is 9.55. The summed E-state index contributed by atoms with van der Waals surface area (Å²) >= 11 is 0. The van der Waals surface area contributed by atoms with Crippen LogP contribution in [0.3, 0.4) is 0 Å². The first-order valence-electron chi connectivity index (χ1n) is 9.20. The second kappa shape index (κ2) is 7.80. The Morgan fingerprint density at radius 3 is 2.61 bits per heavy atom. The number of aliphatic hydroxyl groups is 2. The predicted molar refractivity (Wildman–Crippen MR) is 110 cm³/mol. The van der Waals surface area contributed by atoms with Gasteiger partial charge in [0.1, 0.15) is 0 Å². The number of anilines is 1. The van der Waals surface area contributed by atoms with E-state index in [0.29, 0.717) is 0 Å². The van der Waals surface area contributed by atoms with E-state index in [1.165, 1.54) is 0 Å². The van der Waals surface area contributed by atoms with Crippen molar-refractivity contribution >= 4 is 11.3 Å². The van der Waals surface area contributed by atoms with Gasteiger partial charge in [0.2, 0.25) is 0 Å². The number of rotatable bonds is 6. The fourth-order valence-corrected chi connectivity index (χ4v) is 3.30. The standard InChI is InChI=1S/C22H22N4O2/c1-15-21(16-6-3-2-4-7-16)22-23-11-10-20(26(22)25-15)17-8-5-9-18(12-17)24-13-19(28)14-27/h2-12,19,24,27-28H,13-14H2,1H3. The highest BCUT2D eigenvalue weighted by Gasteiger charge is 2.15. The predicted octanol–water partition coefficient (Wildman–Crippen LogP) is 3.14. The number of aryl methyl sites for hydroxylation is 1. The Morgan fingerprint density at radius 1 is 1.04 bits per heavy atom. The molecule has 2 heterocycles. The summed E-state index contributed by atoms with van der Waals surface area (Å²) in [5.41, 5.74) is 6.64. The highest BCUT2D eigenvalue weighted by atomic mass is 16.3. The molecule has 4 aromatic rings. The van der Waals surface area contributed by atoms with Crippen LogP contribution < -0.4 is 5.32 Å². The monoisotopic (exact) mass is 374 g/mol. The molecule has 1 unspecified atom stereocenters. The first kappa shape index (κ1) is 18.2. The van der Waals surface area contributed by atoms with Crippen molar-refractivity contribution in [3.63, 3.8) is 0 Å². The number of benzene rings is 2. The van der Waals surface area contributed by atoms with Crippen LogP contribution in [0.2, 0.25) is 0 Å². The molecule has 0 saturated heterocycles. The van der Waals surface area contributed by atoms with E-state index in [-0.39, 0.29) is 13.2 Å².